The van der Waals surface area contributed by atoms with Gasteiger partial charge in [0.05, 0.1) is 10.5 Å². The van der Waals surface area contributed by atoms with Crippen molar-refractivity contribution >= 4 is 34.4 Å². The summed E-state index contributed by atoms with van der Waals surface area (Å²) in [6.45, 7) is -0.436. The van der Waals surface area contributed by atoms with Gasteiger partial charge < -0.3 is 14.8 Å². The second kappa shape index (κ2) is 4.10. The van der Waals surface area contributed by atoms with E-state index in [0.29, 0.717) is 15.9 Å². The molecule has 0 aliphatic heterocycles. The number of hydrogen-bond donors (Lipinski definition) is 2. The van der Waals surface area contributed by atoms with E-state index in [1.54, 1.807) is 18.2 Å². The van der Waals surface area contributed by atoms with Gasteiger partial charge in [-0.15, -0.1) is 0 Å². The molecule has 17 heavy (non-hydrogen) atoms. The number of fused-ring (bicyclic) bond motifs is 1. The van der Waals surface area contributed by atoms with Gasteiger partial charge in [-0.05, 0) is 12.1 Å². The topological polar surface area (TPSA) is 79.5 Å². The average Bonchev–Trinajstić information content (AvgIpc) is 2.57. The highest BCUT2D eigenvalue weighted by atomic mass is 35.5. The molecule has 0 fully saturated rings. The maximum absolute atomic E-state index is 11.0. The molecule has 0 radical (unpaired) electrons. The van der Waals surface area contributed by atoms with E-state index < -0.39 is 18.5 Å². The number of nitrogens with zero attached hydrogens (tertiary/aromatic N) is 1. The molecule has 1 aromatic heterocycles. The Morgan fingerprint density at radius 3 is 2.59 bits per heavy atom. The quantitative estimate of drug-likeness (QED) is 0.878. The van der Waals surface area contributed by atoms with E-state index in [9.17, 15) is 9.59 Å². The third-order valence-corrected chi connectivity index (χ3v) is 2.69. The maximum Gasteiger partial charge on any atom is 0.352 e. The number of carboxylic acid groups (broad SMARTS) is 2. The zero-order chi connectivity index (χ0) is 12.6. The lowest BCUT2D eigenvalue weighted by atomic mass is 10.2. The molecule has 0 atom stereocenters. The van der Waals surface area contributed by atoms with Crippen molar-refractivity contribution in [2.45, 2.75) is 6.54 Å². The summed E-state index contributed by atoms with van der Waals surface area (Å²) in [6, 6.07) is 6.37. The van der Waals surface area contributed by atoms with Crippen LogP contribution < -0.4 is 0 Å². The predicted octanol–water partition coefficient (Wildman–Crippen LogP) is 2.08. The van der Waals surface area contributed by atoms with Crippen LogP contribution in [0.5, 0.6) is 0 Å². The molecule has 0 saturated carbocycles. The zero-order valence-corrected chi connectivity index (χ0v) is 9.31. The minimum Gasteiger partial charge on any atom is -0.480 e. The van der Waals surface area contributed by atoms with Crippen LogP contribution in [-0.4, -0.2) is 26.7 Å². The van der Waals surface area contributed by atoms with E-state index in [1.165, 1.54) is 10.6 Å². The molecule has 1 aromatic carbocycles. The number of carboxylic acids is 2. The highest BCUT2D eigenvalue weighted by Gasteiger charge is 2.17. The summed E-state index contributed by atoms with van der Waals surface area (Å²) in [7, 11) is 0. The van der Waals surface area contributed by atoms with Crippen molar-refractivity contribution in [3.63, 3.8) is 0 Å². The SMILES string of the molecule is O=C(O)Cn1c(C(=O)O)cc2cccc(Cl)c21. The van der Waals surface area contributed by atoms with E-state index in [-0.39, 0.29) is 5.69 Å². The molecule has 0 aliphatic carbocycles. The largest absolute Gasteiger partial charge is 0.480 e. The molecule has 0 amide bonds. The minimum absolute atomic E-state index is 0.0875. The fourth-order valence-corrected chi connectivity index (χ4v) is 2.04. The summed E-state index contributed by atoms with van der Waals surface area (Å²) in [4.78, 5) is 21.8. The molecule has 2 N–H and O–H groups in total. The molecule has 0 unspecified atom stereocenters. The molecule has 2 rings (SSSR count). The van der Waals surface area contributed by atoms with Crippen molar-refractivity contribution in [2.24, 2.45) is 0 Å². The van der Waals surface area contributed by atoms with Gasteiger partial charge in [0.25, 0.3) is 0 Å². The third kappa shape index (κ3) is 1.97. The van der Waals surface area contributed by atoms with Gasteiger partial charge in [0.2, 0.25) is 0 Å². The Hall–Kier alpha value is -2.01. The molecular formula is C11H8ClNO4. The normalized spacial score (nSPS) is 10.6. The predicted molar refractivity (Wildman–Crippen MR) is 61.5 cm³/mol. The number of para-hydroxylation sites is 1. The fraction of sp³-hybridized carbons (Fsp3) is 0.0909. The van der Waals surface area contributed by atoms with Crippen molar-refractivity contribution in [2.75, 3.05) is 0 Å². The van der Waals surface area contributed by atoms with Crippen molar-refractivity contribution in [1.29, 1.82) is 0 Å². The Morgan fingerprint density at radius 2 is 2.00 bits per heavy atom. The number of carbonyl (C=O) groups is 2. The van der Waals surface area contributed by atoms with Crippen molar-refractivity contribution in [1.82, 2.24) is 4.57 Å². The highest BCUT2D eigenvalue weighted by molar-refractivity contribution is 6.35. The standard InChI is InChI=1S/C11H8ClNO4/c12-7-3-1-2-6-4-8(11(16)17)13(10(6)7)5-9(14)15/h1-4H,5H2,(H,14,15)(H,16,17). The molecule has 88 valence electrons. The van der Waals surface area contributed by atoms with Crippen molar-refractivity contribution in [3.8, 4) is 0 Å². The summed E-state index contributed by atoms with van der Waals surface area (Å²) in [5, 5.41) is 18.7. The third-order valence-electron chi connectivity index (χ3n) is 2.38. The van der Waals surface area contributed by atoms with Crippen LogP contribution in [0.15, 0.2) is 24.3 Å². The molecule has 0 spiro atoms. The first-order valence-corrected chi connectivity index (χ1v) is 5.11. The van der Waals surface area contributed by atoms with Crippen LogP contribution in [0.1, 0.15) is 10.5 Å². The van der Waals surface area contributed by atoms with Gasteiger partial charge in [0.15, 0.2) is 0 Å². The van der Waals surface area contributed by atoms with E-state index >= 15 is 0 Å². The second-order valence-electron chi connectivity index (χ2n) is 3.49. The lowest BCUT2D eigenvalue weighted by Gasteiger charge is -2.05. The van der Waals surface area contributed by atoms with Crippen molar-refractivity contribution in [3.05, 3.63) is 35.0 Å². The highest BCUT2D eigenvalue weighted by Crippen LogP contribution is 2.27. The smallest absolute Gasteiger partial charge is 0.352 e. The van der Waals surface area contributed by atoms with Gasteiger partial charge in [0, 0.05) is 5.39 Å². The summed E-state index contributed by atoms with van der Waals surface area (Å²) in [6.07, 6.45) is 0. The number of hydrogen-bond acceptors (Lipinski definition) is 2. The van der Waals surface area contributed by atoms with Crippen LogP contribution in [-0.2, 0) is 11.3 Å². The van der Waals surface area contributed by atoms with Crippen LogP contribution in [0, 0.1) is 0 Å². The fourth-order valence-electron chi connectivity index (χ4n) is 1.76. The van der Waals surface area contributed by atoms with E-state index in [4.69, 9.17) is 21.8 Å². The molecular weight excluding hydrogens is 246 g/mol. The van der Waals surface area contributed by atoms with Gasteiger partial charge in [-0.25, -0.2) is 4.79 Å². The summed E-state index contributed by atoms with van der Waals surface area (Å²) >= 11 is 5.96. The minimum atomic E-state index is -1.18. The van der Waals surface area contributed by atoms with Gasteiger partial charge in [-0.3, -0.25) is 4.79 Å². The van der Waals surface area contributed by atoms with Gasteiger partial charge >= 0.3 is 11.9 Å². The molecule has 0 aliphatic rings. The maximum atomic E-state index is 11.0. The van der Waals surface area contributed by atoms with E-state index in [2.05, 4.69) is 0 Å². The lowest BCUT2D eigenvalue weighted by Crippen LogP contribution is -2.14. The Morgan fingerprint density at radius 1 is 1.29 bits per heavy atom. The molecule has 0 bridgehead atoms. The van der Waals surface area contributed by atoms with Crippen LogP contribution in [0.25, 0.3) is 10.9 Å². The van der Waals surface area contributed by atoms with Crippen LogP contribution in [0.3, 0.4) is 0 Å². The summed E-state index contributed by atoms with van der Waals surface area (Å²) in [5.41, 5.74) is 0.337. The second-order valence-corrected chi connectivity index (χ2v) is 3.90. The molecule has 5 nitrogen and oxygen atoms in total. The molecule has 1 heterocycles. The van der Waals surface area contributed by atoms with Crippen LogP contribution in [0.4, 0.5) is 0 Å². The first-order chi connectivity index (χ1) is 8.00. The van der Waals surface area contributed by atoms with Gasteiger partial charge in [0.1, 0.15) is 12.2 Å². The summed E-state index contributed by atoms with van der Waals surface area (Å²) < 4.78 is 1.18. The first-order valence-electron chi connectivity index (χ1n) is 4.73. The zero-order valence-electron chi connectivity index (χ0n) is 8.55. The van der Waals surface area contributed by atoms with Gasteiger partial charge in [-0.1, -0.05) is 23.7 Å². The van der Waals surface area contributed by atoms with E-state index in [1.807, 2.05) is 0 Å². The molecule has 2 aromatic rings. The Bertz CT molecular complexity index is 617. The number of halogens is 1. The Balaban J connectivity index is 2.77. The lowest BCUT2D eigenvalue weighted by molar-refractivity contribution is -0.137. The van der Waals surface area contributed by atoms with Crippen LogP contribution in [0.2, 0.25) is 5.02 Å². The van der Waals surface area contributed by atoms with Gasteiger partial charge in [-0.2, -0.15) is 0 Å². The monoisotopic (exact) mass is 253 g/mol. The van der Waals surface area contributed by atoms with E-state index in [0.717, 1.165) is 0 Å². The average molecular weight is 254 g/mol. The number of benzene rings is 1. The molecule has 0 saturated heterocycles. The number of aromatic carboxylic acids is 1. The molecule has 6 heteroatoms. The Kier molecular flexibility index (Phi) is 2.77. The number of aromatic nitrogens is 1. The Labute approximate surface area is 101 Å². The van der Waals surface area contributed by atoms with Crippen LogP contribution >= 0.6 is 11.6 Å². The number of rotatable bonds is 3. The first kappa shape index (κ1) is 11.5. The summed E-state index contributed by atoms with van der Waals surface area (Å²) in [5.74, 6) is -2.30. The number of aliphatic carboxylic acids is 1. The van der Waals surface area contributed by atoms with Crippen molar-refractivity contribution < 1.29 is 19.8 Å².